The van der Waals surface area contributed by atoms with E-state index in [1.165, 1.54) is 0 Å². The number of hydrogen-bond acceptors (Lipinski definition) is 4. The Balaban J connectivity index is 1.91. The fraction of sp³-hybridized carbons (Fsp3) is 0.538. The maximum absolute atomic E-state index is 5.53. The number of ether oxygens (including phenoxy) is 1. The first-order valence-electron chi connectivity index (χ1n) is 6.17. The minimum atomic E-state index is 0.293. The van der Waals surface area contributed by atoms with Gasteiger partial charge in [0.05, 0.1) is 0 Å². The number of nitrogens with two attached hydrogens (primary N) is 1. The fourth-order valence-corrected chi connectivity index (χ4v) is 2.11. The molecule has 0 atom stereocenters. The second-order valence-electron chi connectivity index (χ2n) is 5.07. The van der Waals surface area contributed by atoms with Gasteiger partial charge >= 0.3 is 0 Å². The molecule has 3 N–H and O–H groups in total. The van der Waals surface area contributed by atoms with Crippen LogP contribution in [0.4, 0.5) is 5.82 Å². The van der Waals surface area contributed by atoms with Gasteiger partial charge in [-0.25, -0.2) is 4.98 Å². The number of rotatable bonds is 4. The van der Waals surface area contributed by atoms with Gasteiger partial charge in [0.25, 0.3) is 0 Å². The van der Waals surface area contributed by atoms with Crippen LogP contribution in [0.25, 0.3) is 0 Å². The third kappa shape index (κ3) is 3.40. The Kier molecular flexibility index (Phi) is 4.14. The maximum Gasteiger partial charge on any atom is 0.125 e. The highest BCUT2D eigenvalue weighted by Crippen LogP contribution is 2.29. The quantitative estimate of drug-likeness (QED) is 0.815. The lowest BCUT2D eigenvalue weighted by molar-refractivity contribution is 0.0300. The first-order valence-corrected chi connectivity index (χ1v) is 6.57. The van der Waals surface area contributed by atoms with E-state index in [-0.39, 0.29) is 0 Å². The predicted molar refractivity (Wildman–Crippen MR) is 76.8 cm³/mol. The van der Waals surface area contributed by atoms with E-state index in [1.54, 1.807) is 6.20 Å². The lowest BCUT2D eigenvalue weighted by Gasteiger charge is -2.33. The summed E-state index contributed by atoms with van der Waals surface area (Å²) in [6.45, 7) is 4.90. The fourth-order valence-electron chi connectivity index (χ4n) is 1.99. The number of nitrogens with one attached hydrogen (secondary N) is 1. The Morgan fingerprint density at radius 2 is 2.22 bits per heavy atom. The van der Waals surface area contributed by atoms with Crippen LogP contribution >= 0.6 is 12.2 Å². The molecule has 0 aliphatic carbocycles. The molecular weight excluding hydrogens is 246 g/mol. The highest BCUT2D eigenvalue weighted by Gasteiger charge is 2.26. The van der Waals surface area contributed by atoms with E-state index in [0.717, 1.165) is 44.0 Å². The van der Waals surface area contributed by atoms with Gasteiger partial charge in [0.2, 0.25) is 0 Å². The molecule has 1 aromatic heterocycles. The maximum atomic E-state index is 5.53. The summed E-state index contributed by atoms with van der Waals surface area (Å²) >= 11 is 4.89. The van der Waals surface area contributed by atoms with Crippen LogP contribution in [0.1, 0.15) is 25.3 Å². The van der Waals surface area contributed by atoms with Crippen LogP contribution in [0.2, 0.25) is 0 Å². The predicted octanol–water partition coefficient (Wildman–Crippen LogP) is 1.94. The molecule has 1 aliphatic heterocycles. The van der Waals surface area contributed by atoms with Crippen LogP contribution in [-0.4, -0.2) is 29.7 Å². The normalized spacial score (nSPS) is 18.3. The van der Waals surface area contributed by atoms with Crippen molar-refractivity contribution in [2.24, 2.45) is 11.1 Å². The van der Waals surface area contributed by atoms with Gasteiger partial charge in [0.1, 0.15) is 10.8 Å². The highest BCUT2D eigenvalue weighted by molar-refractivity contribution is 7.80. The topological polar surface area (TPSA) is 60.2 Å². The second kappa shape index (κ2) is 5.63. The van der Waals surface area contributed by atoms with Gasteiger partial charge in [-0.2, -0.15) is 0 Å². The minimum absolute atomic E-state index is 0.293. The van der Waals surface area contributed by atoms with Gasteiger partial charge in [-0.1, -0.05) is 19.1 Å². The third-order valence-corrected chi connectivity index (χ3v) is 3.68. The molecule has 98 valence electrons. The van der Waals surface area contributed by atoms with Gasteiger partial charge in [-0.15, -0.1) is 0 Å². The Bertz CT molecular complexity index is 413. The molecule has 0 unspecified atom stereocenters. The lowest BCUT2D eigenvalue weighted by atomic mass is 9.82. The molecule has 1 fully saturated rings. The van der Waals surface area contributed by atoms with Crippen molar-refractivity contribution < 1.29 is 4.74 Å². The minimum Gasteiger partial charge on any atom is -0.389 e. The number of nitrogens with zero attached hydrogens (tertiary/aromatic N) is 1. The van der Waals surface area contributed by atoms with E-state index in [4.69, 9.17) is 22.7 Å². The van der Waals surface area contributed by atoms with Crippen molar-refractivity contribution in [2.45, 2.75) is 19.8 Å². The second-order valence-corrected chi connectivity index (χ2v) is 5.51. The molecule has 0 aromatic carbocycles. The number of thiocarbonyl (C=S) groups is 1. The summed E-state index contributed by atoms with van der Waals surface area (Å²) in [5, 5.41) is 3.37. The van der Waals surface area contributed by atoms with Crippen molar-refractivity contribution >= 4 is 23.0 Å². The smallest absolute Gasteiger partial charge is 0.125 e. The summed E-state index contributed by atoms with van der Waals surface area (Å²) in [5.41, 5.74) is 6.63. The highest BCUT2D eigenvalue weighted by atomic mass is 32.1. The lowest BCUT2D eigenvalue weighted by Crippen LogP contribution is -2.33. The van der Waals surface area contributed by atoms with Gasteiger partial charge in [0, 0.05) is 31.5 Å². The van der Waals surface area contributed by atoms with Gasteiger partial charge in [0.15, 0.2) is 0 Å². The van der Waals surface area contributed by atoms with Gasteiger partial charge < -0.3 is 15.8 Å². The van der Waals surface area contributed by atoms with E-state index < -0.39 is 0 Å². The summed E-state index contributed by atoms with van der Waals surface area (Å²) < 4.78 is 5.39. The molecule has 5 heteroatoms. The van der Waals surface area contributed by atoms with Crippen LogP contribution in [0, 0.1) is 5.41 Å². The van der Waals surface area contributed by atoms with Crippen LogP contribution in [0.5, 0.6) is 0 Å². The molecule has 0 saturated carbocycles. The van der Waals surface area contributed by atoms with Crippen molar-refractivity contribution in [1.82, 2.24) is 4.98 Å². The average Bonchev–Trinajstić information content (AvgIpc) is 2.38. The third-order valence-electron chi connectivity index (χ3n) is 3.44. The molecule has 18 heavy (non-hydrogen) atoms. The summed E-state index contributed by atoms with van der Waals surface area (Å²) in [4.78, 5) is 4.69. The van der Waals surface area contributed by atoms with Crippen molar-refractivity contribution in [3.8, 4) is 0 Å². The average molecular weight is 265 g/mol. The first kappa shape index (κ1) is 13.2. The zero-order valence-corrected chi connectivity index (χ0v) is 11.4. The van der Waals surface area contributed by atoms with Crippen molar-refractivity contribution in [3.63, 3.8) is 0 Å². The van der Waals surface area contributed by atoms with Crippen molar-refractivity contribution in [2.75, 3.05) is 25.1 Å². The number of anilines is 1. The van der Waals surface area contributed by atoms with Crippen molar-refractivity contribution in [3.05, 3.63) is 23.9 Å². The Morgan fingerprint density at radius 1 is 1.50 bits per heavy atom. The molecule has 2 rings (SSSR count). The Morgan fingerprint density at radius 3 is 2.78 bits per heavy atom. The molecule has 0 amide bonds. The monoisotopic (exact) mass is 265 g/mol. The summed E-state index contributed by atoms with van der Waals surface area (Å²) in [6, 6.07) is 3.81. The molecule has 0 bridgehead atoms. The molecule has 1 saturated heterocycles. The van der Waals surface area contributed by atoms with Crippen LogP contribution < -0.4 is 11.1 Å². The zero-order chi connectivity index (χ0) is 13.0. The van der Waals surface area contributed by atoms with Gasteiger partial charge in [-0.05, 0) is 30.4 Å². The standard InChI is InChI=1S/C13H19N3OS/c1-13(4-6-17-7-5-13)9-16-11-3-2-10(8-15-11)12(14)18/h2-3,8H,4-7,9H2,1H3,(H2,14,18)(H,15,16). The molecule has 0 radical (unpaired) electrons. The Hall–Kier alpha value is -1.20. The molecule has 2 heterocycles. The summed E-state index contributed by atoms with van der Waals surface area (Å²) in [5.74, 6) is 0.864. The number of aromatic nitrogens is 1. The van der Waals surface area contributed by atoms with Crippen LogP contribution in [-0.2, 0) is 4.74 Å². The molecule has 1 aromatic rings. The molecule has 0 spiro atoms. The molecule has 4 nitrogen and oxygen atoms in total. The summed E-state index contributed by atoms with van der Waals surface area (Å²) in [6.07, 6.45) is 3.88. The summed E-state index contributed by atoms with van der Waals surface area (Å²) in [7, 11) is 0. The van der Waals surface area contributed by atoms with E-state index in [0.29, 0.717) is 10.4 Å². The molecular formula is C13H19N3OS. The van der Waals surface area contributed by atoms with E-state index in [2.05, 4.69) is 17.2 Å². The number of pyridine rings is 1. The zero-order valence-electron chi connectivity index (χ0n) is 10.6. The van der Waals surface area contributed by atoms with E-state index in [1.807, 2.05) is 12.1 Å². The van der Waals surface area contributed by atoms with E-state index in [9.17, 15) is 0 Å². The Labute approximate surface area is 113 Å². The van der Waals surface area contributed by atoms with Crippen LogP contribution in [0.15, 0.2) is 18.3 Å². The first-order chi connectivity index (χ1) is 8.59. The van der Waals surface area contributed by atoms with Crippen molar-refractivity contribution in [1.29, 1.82) is 0 Å². The number of hydrogen-bond donors (Lipinski definition) is 2. The van der Waals surface area contributed by atoms with Gasteiger partial charge in [-0.3, -0.25) is 0 Å². The van der Waals surface area contributed by atoms with Crippen LogP contribution in [0.3, 0.4) is 0 Å². The SMILES string of the molecule is CC1(CNc2ccc(C(N)=S)cn2)CCOCC1. The molecule has 1 aliphatic rings. The van der Waals surface area contributed by atoms with E-state index >= 15 is 0 Å². The largest absolute Gasteiger partial charge is 0.389 e.